The van der Waals surface area contributed by atoms with Crippen LogP contribution in [0.5, 0.6) is 0 Å². The van der Waals surface area contributed by atoms with Crippen LogP contribution in [0.2, 0.25) is 0 Å². The number of pyridine rings is 1. The van der Waals surface area contributed by atoms with Gasteiger partial charge in [-0.25, -0.2) is 9.78 Å². The molecule has 0 spiro atoms. The lowest BCUT2D eigenvalue weighted by Crippen LogP contribution is -2.48. The average Bonchev–Trinajstić information content (AvgIpc) is 3.27. The number of amides is 4. The molecule has 3 fully saturated rings. The number of nitrogens with one attached hydrogen (secondary N) is 3. The van der Waals surface area contributed by atoms with Crippen molar-refractivity contribution < 1.29 is 36.8 Å². The number of aryl methyl sites for hydroxylation is 1. The fourth-order valence-corrected chi connectivity index (χ4v) is 5.82. The van der Waals surface area contributed by atoms with Crippen molar-refractivity contribution in [1.29, 1.82) is 0 Å². The largest absolute Gasteiger partial charge is 0.410 e. The van der Waals surface area contributed by atoms with Gasteiger partial charge in [-0.15, -0.1) is 0 Å². The maximum absolute atomic E-state index is 13.5. The molecule has 2 aliphatic carbocycles. The third-order valence-electron chi connectivity index (χ3n) is 7.99. The van der Waals surface area contributed by atoms with Gasteiger partial charge in [0, 0.05) is 19.7 Å². The molecule has 5 rings (SSSR count). The summed E-state index contributed by atoms with van der Waals surface area (Å²) in [5.41, 5.74) is 0.705. The number of carbonyl (C=O) groups excluding carboxylic acids is 3. The van der Waals surface area contributed by atoms with E-state index in [2.05, 4.69) is 20.8 Å². The van der Waals surface area contributed by atoms with E-state index in [1.807, 2.05) is 12.2 Å². The SMILES string of the molecule is CCc1oncc1C(=O)N[C@H](C(=O)Nc1cc([C@@H](COC)N2C[C@@H](C(F)(F)F)NC2=O)ccn1)C1C[C@@H]2C[C@H]2C1. The van der Waals surface area contributed by atoms with E-state index in [1.54, 1.807) is 6.07 Å². The Hall–Kier alpha value is -3.68. The van der Waals surface area contributed by atoms with Gasteiger partial charge >= 0.3 is 12.2 Å². The Morgan fingerprint density at radius 3 is 2.67 bits per heavy atom. The standard InChI is InChI=1S/C26H31F3N6O5/c1-3-19-17(10-31-40-19)23(36)34-22(16-7-14-6-15(14)8-16)24(37)33-21-9-13(4-5-30-21)18(12-39-2)35-11-20(26(27,28)29)32-25(35)38/h4-5,9-10,14-16,18,20,22H,3,6-8,11-12H2,1-2H3,(H,32,38)(H,34,36)(H,30,33,37)/t14-,15-,18+,20-,22-/m0/s1. The zero-order chi connectivity index (χ0) is 28.6. The maximum Gasteiger partial charge on any atom is 0.410 e. The summed E-state index contributed by atoms with van der Waals surface area (Å²) in [6.07, 6.45) is 1.37. The minimum atomic E-state index is -4.59. The van der Waals surface area contributed by atoms with Gasteiger partial charge in [0.1, 0.15) is 29.2 Å². The Labute approximate surface area is 228 Å². The van der Waals surface area contributed by atoms with Crippen LogP contribution in [0.4, 0.5) is 23.8 Å². The third kappa shape index (κ3) is 5.76. The van der Waals surface area contributed by atoms with Crippen LogP contribution < -0.4 is 16.0 Å². The van der Waals surface area contributed by atoms with Gasteiger partial charge in [0.2, 0.25) is 5.91 Å². The molecule has 2 saturated carbocycles. The van der Waals surface area contributed by atoms with Gasteiger partial charge in [-0.1, -0.05) is 12.1 Å². The van der Waals surface area contributed by atoms with Crippen LogP contribution in [0.15, 0.2) is 29.0 Å². The Bertz CT molecular complexity index is 1260. The van der Waals surface area contributed by atoms with E-state index >= 15 is 0 Å². The average molecular weight is 565 g/mol. The smallest absolute Gasteiger partial charge is 0.382 e. The quantitative estimate of drug-likeness (QED) is 0.403. The summed E-state index contributed by atoms with van der Waals surface area (Å²) >= 11 is 0. The molecule has 1 saturated heterocycles. The number of halogens is 3. The topological polar surface area (TPSA) is 139 Å². The van der Waals surface area contributed by atoms with Crippen LogP contribution in [-0.2, 0) is 16.0 Å². The lowest BCUT2D eigenvalue weighted by atomic mass is 9.93. The number of alkyl halides is 3. The molecule has 216 valence electrons. The Morgan fingerprint density at radius 2 is 2.02 bits per heavy atom. The molecule has 0 radical (unpaired) electrons. The van der Waals surface area contributed by atoms with E-state index in [-0.39, 0.29) is 23.9 Å². The fourth-order valence-electron chi connectivity index (χ4n) is 5.82. The first-order valence-electron chi connectivity index (χ1n) is 13.2. The van der Waals surface area contributed by atoms with Crippen molar-refractivity contribution in [2.24, 2.45) is 17.8 Å². The van der Waals surface area contributed by atoms with Crippen molar-refractivity contribution in [2.45, 2.75) is 56.9 Å². The van der Waals surface area contributed by atoms with Crippen molar-refractivity contribution in [1.82, 2.24) is 25.7 Å². The molecule has 2 aromatic heterocycles. The van der Waals surface area contributed by atoms with Gasteiger partial charge in [0.05, 0.1) is 25.4 Å². The zero-order valence-corrected chi connectivity index (χ0v) is 22.0. The number of hydrogen-bond acceptors (Lipinski definition) is 7. The summed E-state index contributed by atoms with van der Waals surface area (Å²) < 4.78 is 50.1. The van der Waals surface area contributed by atoms with Crippen LogP contribution in [0.25, 0.3) is 0 Å². The molecule has 5 atom stereocenters. The molecule has 3 heterocycles. The number of fused-ring (bicyclic) bond motifs is 1. The van der Waals surface area contributed by atoms with Crippen LogP contribution in [0.1, 0.15) is 53.9 Å². The highest BCUT2D eigenvalue weighted by atomic mass is 19.4. The molecule has 1 aliphatic heterocycles. The van der Waals surface area contributed by atoms with Crippen molar-refractivity contribution >= 4 is 23.7 Å². The zero-order valence-electron chi connectivity index (χ0n) is 22.0. The second-order valence-corrected chi connectivity index (χ2v) is 10.6. The molecule has 3 N–H and O–H groups in total. The summed E-state index contributed by atoms with van der Waals surface area (Å²) in [7, 11) is 1.38. The normalized spacial score (nSPS) is 23.9. The predicted molar refractivity (Wildman–Crippen MR) is 134 cm³/mol. The number of ether oxygens (including phenoxy) is 1. The molecule has 40 heavy (non-hydrogen) atoms. The Kier molecular flexibility index (Phi) is 7.71. The molecular weight excluding hydrogens is 533 g/mol. The first kappa shape index (κ1) is 27.9. The highest BCUT2D eigenvalue weighted by Gasteiger charge is 2.50. The summed E-state index contributed by atoms with van der Waals surface area (Å²) in [4.78, 5) is 44.2. The van der Waals surface area contributed by atoms with Gasteiger partial charge in [0.25, 0.3) is 5.91 Å². The molecule has 3 aliphatic rings. The van der Waals surface area contributed by atoms with E-state index in [0.717, 1.165) is 24.2 Å². The minimum absolute atomic E-state index is 0.0605. The number of anilines is 1. The minimum Gasteiger partial charge on any atom is -0.382 e. The van der Waals surface area contributed by atoms with Crippen LogP contribution in [0, 0.1) is 17.8 Å². The summed E-state index contributed by atoms with van der Waals surface area (Å²) in [5, 5.41) is 11.3. The molecule has 14 heteroatoms. The number of urea groups is 1. The number of hydrogen-bond donors (Lipinski definition) is 3. The van der Waals surface area contributed by atoms with Crippen molar-refractivity contribution in [3.05, 3.63) is 41.4 Å². The summed E-state index contributed by atoms with van der Waals surface area (Å²) in [5.74, 6) is 0.693. The molecular formula is C26H31F3N6O5. The van der Waals surface area contributed by atoms with Crippen LogP contribution >= 0.6 is 0 Å². The number of nitrogens with zero attached hydrogens (tertiary/aromatic N) is 3. The molecule has 0 unspecified atom stereocenters. The molecule has 0 bridgehead atoms. The van der Waals surface area contributed by atoms with E-state index in [9.17, 15) is 27.6 Å². The van der Waals surface area contributed by atoms with Gasteiger partial charge in [-0.05, 0) is 54.7 Å². The first-order chi connectivity index (χ1) is 19.1. The van der Waals surface area contributed by atoms with E-state index in [1.165, 1.54) is 25.6 Å². The van der Waals surface area contributed by atoms with Crippen molar-refractivity contribution in [3.63, 3.8) is 0 Å². The highest BCUT2D eigenvalue weighted by molar-refractivity contribution is 6.01. The summed E-state index contributed by atoms with van der Waals surface area (Å²) in [6.45, 7) is 1.18. The second-order valence-electron chi connectivity index (χ2n) is 10.6. The maximum atomic E-state index is 13.5. The lowest BCUT2D eigenvalue weighted by Gasteiger charge is -2.27. The van der Waals surface area contributed by atoms with E-state index in [0.29, 0.717) is 29.6 Å². The van der Waals surface area contributed by atoms with Gasteiger partial charge in [-0.3, -0.25) is 9.59 Å². The molecule has 4 amide bonds. The predicted octanol–water partition coefficient (Wildman–Crippen LogP) is 3.06. The van der Waals surface area contributed by atoms with E-state index < -0.39 is 48.7 Å². The van der Waals surface area contributed by atoms with Gasteiger partial charge in [0.15, 0.2) is 0 Å². The van der Waals surface area contributed by atoms with Gasteiger partial charge < -0.3 is 30.1 Å². The van der Waals surface area contributed by atoms with Crippen LogP contribution in [-0.4, -0.2) is 71.4 Å². The molecule has 0 aromatic carbocycles. The monoisotopic (exact) mass is 564 g/mol. The Balaban J connectivity index is 1.33. The van der Waals surface area contributed by atoms with E-state index in [4.69, 9.17) is 9.26 Å². The molecule has 2 aromatic rings. The fraction of sp³-hybridized carbons (Fsp3) is 0.577. The van der Waals surface area contributed by atoms with Gasteiger partial charge in [-0.2, -0.15) is 13.2 Å². The number of methoxy groups -OCH3 is 1. The van der Waals surface area contributed by atoms with Crippen molar-refractivity contribution in [2.75, 3.05) is 25.6 Å². The number of aromatic nitrogens is 2. The second kappa shape index (κ2) is 11.1. The first-order valence-corrected chi connectivity index (χ1v) is 13.2. The van der Waals surface area contributed by atoms with Crippen LogP contribution in [0.3, 0.4) is 0 Å². The number of carbonyl (C=O) groups is 3. The lowest BCUT2D eigenvalue weighted by molar-refractivity contribution is -0.150. The summed E-state index contributed by atoms with van der Waals surface area (Å²) in [6, 6.07) is -1.51. The molecule has 11 nitrogen and oxygen atoms in total. The third-order valence-corrected chi connectivity index (χ3v) is 7.99. The Morgan fingerprint density at radius 1 is 1.27 bits per heavy atom. The van der Waals surface area contributed by atoms with Crippen molar-refractivity contribution in [3.8, 4) is 0 Å². The highest BCUT2D eigenvalue weighted by Crippen LogP contribution is 2.55. The number of rotatable bonds is 10.